The second kappa shape index (κ2) is 6.06. The molecule has 0 radical (unpaired) electrons. The number of hydrogen-bond acceptors (Lipinski definition) is 3. The molecule has 0 bridgehead atoms. The largest absolute Gasteiger partial charge is 0.466 e. The fraction of sp³-hybridized carbons (Fsp3) is 0.333. The molecular weight excluding hydrogens is 285 g/mol. The summed E-state index contributed by atoms with van der Waals surface area (Å²) in [6.45, 7) is 1.69. The number of Topliss-reactive ketones (excluding diaryl/α,β-unsaturated/α-hetero) is 1. The van der Waals surface area contributed by atoms with Crippen LogP contribution in [0, 0.1) is 0 Å². The molecule has 0 saturated heterocycles. The van der Waals surface area contributed by atoms with Gasteiger partial charge in [-0.3, -0.25) is 9.59 Å². The van der Waals surface area contributed by atoms with E-state index < -0.39 is 29.9 Å². The fourth-order valence-corrected chi connectivity index (χ4v) is 1.64. The number of benzene rings is 1. The molecule has 7 heteroatoms. The monoisotopic (exact) mass is 294 g/mol. The van der Waals surface area contributed by atoms with Gasteiger partial charge in [-0.25, -0.2) is 0 Å². The third-order valence-electron chi connectivity index (χ3n) is 2.21. The van der Waals surface area contributed by atoms with Gasteiger partial charge in [-0.15, -0.1) is 0 Å². The summed E-state index contributed by atoms with van der Waals surface area (Å²) in [4.78, 5) is 22.7. The molecule has 0 aliphatic rings. The molecule has 3 nitrogen and oxygen atoms in total. The van der Waals surface area contributed by atoms with Gasteiger partial charge in [0.05, 0.1) is 17.2 Å². The SMILES string of the molecule is CCOC(=O)CC(=O)c1ccc(C(F)(F)F)cc1Cl. The number of hydrogen-bond donors (Lipinski definition) is 0. The first-order valence-electron chi connectivity index (χ1n) is 5.31. The first kappa shape index (κ1) is 15.5. The lowest BCUT2D eigenvalue weighted by Crippen LogP contribution is -2.12. The second-order valence-corrected chi connectivity index (χ2v) is 4.00. The van der Waals surface area contributed by atoms with E-state index in [-0.39, 0.29) is 17.2 Å². The highest BCUT2D eigenvalue weighted by molar-refractivity contribution is 6.34. The highest BCUT2D eigenvalue weighted by Crippen LogP contribution is 2.32. The predicted molar refractivity (Wildman–Crippen MR) is 62.0 cm³/mol. The molecule has 19 heavy (non-hydrogen) atoms. The Bertz CT molecular complexity index is 497. The van der Waals surface area contributed by atoms with E-state index >= 15 is 0 Å². The van der Waals surface area contributed by atoms with Crippen LogP contribution >= 0.6 is 11.6 Å². The number of rotatable bonds is 4. The number of alkyl halides is 3. The number of ether oxygens (including phenoxy) is 1. The van der Waals surface area contributed by atoms with Crippen molar-refractivity contribution in [1.82, 2.24) is 0 Å². The third-order valence-corrected chi connectivity index (χ3v) is 2.52. The minimum Gasteiger partial charge on any atom is -0.466 e. The maximum absolute atomic E-state index is 12.4. The van der Waals surface area contributed by atoms with Crippen LogP contribution in [0.5, 0.6) is 0 Å². The first-order valence-corrected chi connectivity index (χ1v) is 5.69. The van der Waals surface area contributed by atoms with Gasteiger partial charge in [0.15, 0.2) is 5.78 Å². The average Bonchev–Trinajstić information content (AvgIpc) is 2.27. The lowest BCUT2D eigenvalue weighted by molar-refractivity contribution is -0.142. The molecule has 1 aromatic carbocycles. The van der Waals surface area contributed by atoms with Gasteiger partial charge in [0.1, 0.15) is 6.42 Å². The molecule has 0 saturated carbocycles. The van der Waals surface area contributed by atoms with Crippen molar-refractivity contribution in [1.29, 1.82) is 0 Å². The Kier molecular flexibility index (Phi) is 4.94. The van der Waals surface area contributed by atoms with Crippen LogP contribution in [-0.2, 0) is 15.7 Å². The zero-order chi connectivity index (χ0) is 14.6. The van der Waals surface area contributed by atoms with E-state index in [0.29, 0.717) is 6.07 Å². The van der Waals surface area contributed by atoms with E-state index in [4.69, 9.17) is 11.6 Å². The Morgan fingerprint density at radius 3 is 2.42 bits per heavy atom. The molecule has 0 heterocycles. The Morgan fingerprint density at radius 2 is 1.95 bits per heavy atom. The van der Waals surface area contributed by atoms with Crippen LogP contribution in [-0.4, -0.2) is 18.4 Å². The van der Waals surface area contributed by atoms with E-state index in [1.807, 2.05) is 0 Å². The van der Waals surface area contributed by atoms with Crippen LogP contribution in [0.2, 0.25) is 5.02 Å². The molecule has 0 atom stereocenters. The number of carbonyl (C=O) groups is 2. The molecule has 104 valence electrons. The van der Waals surface area contributed by atoms with Gasteiger partial charge in [-0.05, 0) is 25.1 Å². The minimum atomic E-state index is -4.54. The number of carbonyl (C=O) groups excluding carboxylic acids is 2. The molecule has 0 aliphatic carbocycles. The molecule has 0 unspecified atom stereocenters. The Morgan fingerprint density at radius 1 is 1.32 bits per heavy atom. The van der Waals surface area contributed by atoms with Gasteiger partial charge in [0, 0.05) is 5.56 Å². The van der Waals surface area contributed by atoms with Crippen molar-refractivity contribution in [3.8, 4) is 0 Å². The van der Waals surface area contributed by atoms with E-state index in [0.717, 1.165) is 12.1 Å². The van der Waals surface area contributed by atoms with Crippen molar-refractivity contribution in [3.05, 3.63) is 34.3 Å². The molecular formula is C12H10ClF3O3. The second-order valence-electron chi connectivity index (χ2n) is 3.60. The van der Waals surface area contributed by atoms with Crippen LogP contribution in [0.4, 0.5) is 13.2 Å². The summed E-state index contributed by atoms with van der Waals surface area (Å²) in [7, 11) is 0. The van der Waals surface area contributed by atoms with Crippen LogP contribution in [0.15, 0.2) is 18.2 Å². The van der Waals surface area contributed by atoms with Crippen LogP contribution in [0.3, 0.4) is 0 Å². The van der Waals surface area contributed by atoms with Crippen molar-refractivity contribution in [2.45, 2.75) is 19.5 Å². The maximum Gasteiger partial charge on any atom is 0.416 e. The summed E-state index contributed by atoms with van der Waals surface area (Å²) in [5, 5.41) is -0.343. The molecule has 1 rings (SSSR count). The first-order chi connectivity index (χ1) is 8.75. The van der Waals surface area contributed by atoms with E-state index in [1.165, 1.54) is 0 Å². The predicted octanol–water partition coefficient (Wildman–Crippen LogP) is 3.49. The van der Waals surface area contributed by atoms with Crippen molar-refractivity contribution < 1.29 is 27.5 Å². The summed E-state index contributed by atoms with van der Waals surface area (Å²) < 4.78 is 41.7. The van der Waals surface area contributed by atoms with Gasteiger partial charge in [0.2, 0.25) is 0 Å². The summed E-state index contributed by atoms with van der Waals surface area (Å²) in [6.07, 6.45) is -5.09. The number of halogens is 4. The van der Waals surface area contributed by atoms with Crippen molar-refractivity contribution in [2.24, 2.45) is 0 Å². The zero-order valence-corrected chi connectivity index (χ0v) is 10.6. The minimum absolute atomic E-state index is 0.118. The maximum atomic E-state index is 12.4. The molecule has 1 aromatic rings. The Hall–Kier alpha value is -1.56. The zero-order valence-electron chi connectivity index (χ0n) is 9.88. The highest BCUT2D eigenvalue weighted by Gasteiger charge is 2.31. The van der Waals surface area contributed by atoms with Gasteiger partial charge < -0.3 is 4.74 Å². The van der Waals surface area contributed by atoms with Crippen molar-refractivity contribution in [2.75, 3.05) is 6.61 Å². The van der Waals surface area contributed by atoms with Crippen molar-refractivity contribution >= 4 is 23.4 Å². The Balaban J connectivity index is 2.91. The van der Waals surface area contributed by atoms with Crippen molar-refractivity contribution in [3.63, 3.8) is 0 Å². The quantitative estimate of drug-likeness (QED) is 0.485. The van der Waals surface area contributed by atoms with Crippen LogP contribution < -0.4 is 0 Å². The topological polar surface area (TPSA) is 43.4 Å². The molecule has 0 N–H and O–H groups in total. The lowest BCUT2D eigenvalue weighted by atomic mass is 10.1. The van der Waals surface area contributed by atoms with Gasteiger partial charge in [-0.1, -0.05) is 11.6 Å². The van der Waals surface area contributed by atoms with Gasteiger partial charge in [-0.2, -0.15) is 13.2 Å². The number of esters is 1. The molecule has 0 fully saturated rings. The fourth-order valence-electron chi connectivity index (χ4n) is 1.36. The van der Waals surface area contributed by atoms with E-state index in [2.05, 4.69) is 4.74 Å². The summed E-state index contributed by atoms with van der Waals surface area (Å²) >= 11 is 5.62. The normalized spacial score (nSPS) is 11.2. The van der Waals surface area contributed by atoms with Gasteiger partial charge in [0.25, 0.3) is 0 Å². The van der Waals surface area contributed by atoms with Gasteiger partial charge >= 0.3 is 12.1 Å². The van der Waals surface area contributed by atoms with E-state index in [9.17, 15) is 22.8 Å². The number of ketones is 1. The molecule has 0 aliphatic heterocycles. The molecule has 0 aromatic heterocycles. The summed E-state index contributed by atoms with van der Waals surface area (Å²) in [5.74, 6) is -1.43. The van der Waals surface area contributed by atoms with E-state index in [1.54, 1.807) is 6.92 Å². The molecule has 0 amide bonds. The summed E-state index contributed by atoms with van der Waals surface area (Å²) in [5.41, 5.74) is -1.09. The lowest BCUT2D eigenvalue weighted by Gasteiger charge is -2.09. The smallest absolute Gasteiger partial charge is 0.416 e. The van der Waals surface area contributed by atoms with Crippen LogP contribution in [0.1, 0.15) is 29.3 Å². The van der Waals surface area contributed by atoms with Crippen LogP contribution in [0.25, 0.3) is 0 Å². The summed E-state index contributed by atoms with van der Waals surface area (Å²) in [6, 6.07) is 2.34. The third kappa shape index (κ3) is 4.24. The average molecular weight is 295 g/mol. The highest BCUT2D eigenvalue weighted by atomic mass is 35.5. The standard InChI is InChI=1S/C12H10ClF3O3/c1-2-19-11(18)6-10(17)8-4-3-7(5-9(8)13)12(14,15)16/h3-5H,2,6H2,1H3. The Labute approximate surface area is 112 Å². The molecule has 0 spiro atoms.